The molecule has 1 aliphatic rings. The molecule has 1 saturated heterocycles. The fourth-order valence-electron chi connectivity index (χ4n) is 6.50. The van der Waals surface area contributed by atoms with Gasteiger partial charge in [0.1, 0.15) is 23.6 Å². The van der Waals surface area contributed by atoms with Crippen LogP contribution in [0.1, 0.15) is 66.0 Å². The van der Waals surface area contributed by atoms with E-state index < -0.39 is 89.4 Å². The molecular formula is C44H52N2O14S. The smallest absolute Gasteiger partial charge is 0.408 e. The van der Waals surface area contributed by atoms with Crippen LogP contribution in [-0.4, -0.2) is 96.5 Å². The average Bonchev–Trinajstić information content (AvgIpc) is 3.16. The highest BCUT2D eigenvalue weighted by molar-refractivity contribution is 8.01. The van der Waals surface area contributed by atoms with Crippen molar-refractivity contribution < 1.29 is 66.7 Å². The Balaban J connectivity index is 1.70. The van der Waals surface area contributed by atoms with Gasteiger partial charge in [0.25, 0.3) is 0 Å². The molecule has 0 spiro atoms. The van der Waals surface area contributed by atoms with Crippen molar-refractivity contribution in [3.8, 4) is 16.9 Å². The summed E-state index contributed by atoms with van der Waals surface area (Å²) in [5, 5.41) is 5.40. The Morgan fingerprint density at radius 2 is 1.39 bits per heavy atom. The summed E-state index contributed by atoms with van der Waals surface area (Å²) in [6.07, 6.45) is -7.56. The molecule has 0 bridgehead atoms. The number of amides is 2. The molecule has 1 fully saturated rings. The van der Waals surface area contributed by atoms with Crippen LogP contribution in [0.4, 0.5) is 4.79 Å². The number of ether oxygens (including phenoxy) is 7. The van der Waals surface area contributed by atoms with Gasteiger partial charge >= 0.3 is 35.9 Å². The van der Waals surface area contributed by atoms with E-state index in [1.165, 1.54) is 6.92 Å². The molecule has 2 amide bonds. The van der Waals surface area contributed by atoms with Gasteiger partial charge in [-0.1, -0.05) is 65.9 Å². The van der Waals surface area contributed by atoms with Gasteiger partial charge in [0.2, 0.25) is 10.8 Å². The lowest BCUT2D eigenvalue weighted by Gasteiger charge is -2.48. The van der Waals surface area contributed by atoms with Gasteiger partial charge < -0.3 is 43.8 Å². The van der Waals surface area contributed by atoms with E-state index in [0.29, 0.717) is 16.2 Å². The molecule has 0 saturated carbocycles. The predicted octanol–water partition coefficient (Wildman–Crippen LogP) is 5.38. The van der Waals surface area contributed by atoms with Crippen molar-refractivity contribution in [2.45, 2.75) is 114 Å². The van der Waals surface area contributed by atoms with Gasteiger partial charge in [-0.3, -0.25) is 24.0 Å². The predicted molar refractivity (Wildman–Crippen MR) is 221 cm³/mol. The largest absolute Gasteiger partial charge is 0.466 e. The summed E-state index contributed by atoms with van der Waals surface area (Å²) in [5.41, 5.74) is 2.27. The molecule has 328 valence electrons. The normalized spacial score (nSPS) is 19.5. The number of alkyl carbamates (subject to hydrolysis) is 1. The number of aryl methyl sites for hydroxylation is 1. The molecule has 61 heavy (non-hydrogen) atoms. The molecule has 16 nitrogen and oxygen atoms in total. The molecule has 1 heterocycles. The first kappa shape index (κ1) is 47.7. The molecule has 6 atom stereocenters. The lowest BCUT2D eigenvalue weighted by Crippen LogP contribution is -2.68. The van der Waals surface area contributed by atoms with Gasteiger partial charge in [-0.05, 0) is 68.7 Å². The second-order valence-corrected chi connectivity index (χ2v) is 16.6. The summed E-state index contributed by atoms with van der Waals surface area (Å²) in [5.74, 6) is -3.91. The Kier molecular flexibility index (Phi) is 16.5. The van der Waals surface area contributed by atoms with Gasteiger partial charge in [-0.2, -0.15) is 0 Å². The van der Waals surface area contributed by atoms with E-state index in [-0.39, 0.29) is 12.8 Å². The topological polar surface area (TPSA) is 208 Å². The molecule has 0 unspecified atom stereocenters. The van der Waals surface area contributed by atoms with Crippen LogP contribution in [0, 0.1) is 6.92 Å². The van der Waals surface area contributed by atoms with E-state index >= 15 is 0 Å². The molecule has 0 radical (unpaired) electrons. The number of thioether (sulfide) groups is 1. The summed E-state index contributed by atoms with van der Waals surface area (Å²) in [7, 11) is 1.14. The molecule has 0 aromatic heterocycles. The fourth-order valence-corrected chi connectivity index (χ4v) is 7.72. The van der Waals surface area contributed by atoms with Gasteiger partial charge in [0.15, 0.2) is 12.2 Å². The summed E-state index contributed by atoms with van der Waals surface area (Å²) in [6, 6.07) is 19.8. The Morgan fingerprint density at radius 1 is 0.803 bits per heavy atom. The second-order valence-electron chi connectivity index (χ2n) is 15.3. The van der Waals surface area contributed by atoms with Crippen LogP contribution >= 0.6 is 11.8 Å². The fraction of sp³-hybridized carbons (Fsp3) is 0.432. The zero-order valence-electron chi connectivity index (χ0n) is 35.6. The van der Waals surface area contributed by atoms with E-state index in [9.17, 15) is 33.6 Å². The van der Waals surface area contributed by atoms with E-state index in [1.807, 2.05) is 31.2 Å². The number of hydrogen-bond donors (Lipinski definition) is 2. The Labute approximate surface area is 358 Å². The van der Waals surface area contributed by atoms with Gasteiger partial charge in [-0.15, -0.1) is 0 Å². The molecule has 3 aromatic rings. The van der Waals surface area contributed by atoms with Crippen molar-refractivity contribution in [1.82, 2.24) is 10.6 Å². The lowest BCUT2D eigenvalue weighted by atomic mass is 9.89. The maximum atomic E-state index is 13.9. The van der Waals surface area contributed by atoms with Crippen molar-refractivity contribution in [3.63, 3.8) is 0 Å². The molecule has 17 heteroatoms. The minimum Gasteiger partial charge on any atom is -0.466 e. The SMILES string of the molecule is COC(=O)[C@]1(Sc2ccc(C)cc2)C[C@H](OC(C)=O)[C@@H](NC(=O)OC(C)(C)C)[C@H]([C@H](OC(C)=O)[C@@H](CNC(=O)Cc2ccc(-c3ccc(OC(C)=O)cc3)cc2)OC(C)=O)O1. The zero-order chi connectivity index (χ0) is 45.1. The number of esters is 5. The van der Waals surface area contributed by atoms with Crippen LogP contribution in [0.25, 0.3) is 11.1 Å². The Morgan fingerprint density at radius 3 is 1.92 bits per heavy atom. The third-order valence-corrected chi connectivity index (χ3v) is 10.2. The number of carbonyl (C=O) groups excluding carboxylic acids is 7. The average molecular weight is 865 g/mol. The highest BCUT2D eigenvalue weighted by atomic mass is 32.2. The molecule has 1 aliphatic heterocycles. The number of carbonyl (C=O) groups is 7. The first-order valence-electron chi connectivity index (χ1n) is 19.3. The number of hydrogen-bond acceptors (Lipinski definition) is 15. The summed E-state index contributed by atoms with van der Waals surface area (Å²) in [6.45, 7) is 11.0. The second kappa shape index (κ2) is 21.0. The Bertz CT molecular complexity index is 2050. The van der Waals surface area contributed by atoms with Crippen LogP contribution in [0.5, 0.6) is 5.75 Å². The minimum absolute atomic E-state index is 0.105. The number of methoxy groups -OCH3 is 1. The molecular weight excluding hydrogens is 813 g/mol. The summed E-state index contributed by atoms with van der Waals surface area (Å²) >= 11 is 0.935. The number of benzene rings is 3. The molecule has 3 aromatic carbocycles. The lowest BCUT2D eigenvalue weighted by molar-refractivity contribution is -0.220. The standard InChI is InChI=1S/C44H52N2O14S/c1-25-10-20-34(21-11-25)61-44(41(52)54-9)23-35(56-27(3)48)38(46-42(53)60-43(6,7)8)40(59-44)39(58-29(5)50)36(57-28(4)49)24-45-37(51)22-30-12-14-31(15-13-30)32-16-18-33(19-17-32)55-26(2)47/h10-21,35-36,38-40H,22-24H2,1-9H3,(H,45,51)(H,46,53)/t35-,36+,38+,39+,40+,44+/m0/s1. The molecule has 4 rings (SSSR count). The number of nitrogens with one attached hydrogen (secondary N) is 2. The first-order chi connectivity index (χ1) is 28.7. The van der Waals surface area contributed by atoms with Gasteiger partial charge in [-0.25, -0.2) is 9.59 Å². The van der Waals surface area contributed by atoms with Crippen LogP contribution in [-0.2, 0) is 63.6 Å². The van der Waals surface area contributed by atoms with Gasteiger partial charge in [0.05, 0.1) is 26.1 Å². The Hall–Kier alpha value is -5.94. The quantitative estimate of drug-likeness (QED) is 0.112. The third kappa shape index (κ3) is 14.3. The summed E-state index contributed by atoms with van der Waals surface area (Å²) < 4.78 is 39.8. The highest BCUT2D eigenvalue weighted by Crippen LogP contribution is 2.46. The van der Waals surface area contributed by atoms with E-state index in [4.69, 9.17) is 33.2 Å². The van der Waals surface area contributed by atoms with Crippen LogP contribution < -0.4 is 15.4 Å². The van der Waals surface area contributed by atoms with Crippen molar-refractivity contribution >= 4 is 53.6 Å². The van der Waals surface area contributed by atoms with E-state index in [1.54, 1.807) is 69.3 Å². The number of rotatable bonds is 15. The van der Waals surface area contributed by atoms with Crippen LogP contribution in [0.3, 0.4) is 0 Å². The van der Waals surface area contributed by atoms with Crippen molar-refractivity contribution in [3.05, 3.63) is 83.9 Å². The highest BCUT2D eigenvalue weighted by Gasteiger charge is 2.59. The van der Waals surface area contributed by atoms with Crippen LogP contribution in [0.2, 0.25) is 0 Å². The van der Waals surface area contributed by atoms with E-state index in [0.717, 1.165) is 56.3 Å². The molecule has 2 N–H and O–H groups in total. The minimum atomic E-state index is -2.00. The van der Waals surface area contributed by atoms with Crippen molar-refractivity contribution in [1.29, 1.82) is 0 Å². The summed E-state index contributed by atoms with van der Waals surface area (Å²) in [4.78, 5) is 88.8. The molecule has 0 aliphatic carbocycles. The monoisotopic (exact) mass is 864 g/mol. The third-order valence-electron chi connectivity index (χ3n) is 8.93. The van der Waals surface area contributed by atoms with Crippen molar-refractivity contribution in [2.24, 2.45) is 0 Å². The van der Waals surface area contributed by atoms with Crippen molar-refractivity contribution in [2.75, 3.05) is 13.7 Å². The van der Waals surface area contributed by atoms with Gasteiger partial charge in [0, 0.05) is 39.0 Å². The zero-order valence-corrected chi connectivity index (χ0v) is 36.4. The maximum absolute atomic E-state index is 13.9. The van der Waals surface area contributed by atoms with Crippen LogP contribution in [0.15, 0.2) is 77.7 Å². The maximum Gasteiger partial charge on any atom is 0.408 e. The van der Waals surface area contributed by atoms with E-state index in [2.05, 4.69) is 10.6 Å². The first-order valence-corrected chi connectivity index (χ1v) is 20.2.